The predicted octanol–water partition coefficient (Wildman–Crippen LogP) is 1.46. The summed E-state index contributed by atoms with van der Waals surface area (Å²) in [5.74, 6) is 0.384. The van der Waals surface area contributed by atoms with Gasteiger partial charge in [0.15, 0.2) is 0 Å². The highest BCUT2D eigenvalue weighted by Gasteiger charge is 2.27. The molecule has 0 aromatic rings. The quantitative estimate of drug-likeness (QED) is 0.696. The van der Waals surface area contributed by atoms with Crippen molar-refractivity contribution in [3.05, 3.63) is 0 Å². The molecule has 5 heteroatoms. The number of likely N-dealkylation sites (tertiary alicyclic amines) is 2. The molecule has 0 aromatic heterocycles. The van der Waals surface area contributed by atoms with E-state index < -0.39 is 5.60 Å². The van der Waals surface area contributed by atoms with Crippen molar-refractivity contribution in [1.82, 2.24) is 15.1 Å². The second kappa shape index (κ2) is 9.00. The number of rotatable bonds is 7. The molecular weight excluding hydrogens is 290 g/mol. The van der Waals surface area contributed by atoms with Crippen LogP contribution in [0.25, 0.3) is 0 Å². The Bertz CT molecular complexity index is 354. The van der Waals surface area contributed by atoms with E-state index in [9.17, 15) is 9.90 Å². The molecule has 0 aromatic carbocycles. The van der Waals surface area contributed by atoms with Crippen molar-refractivity contribution in [1.29, 1.82) is 0 Å². The van der Waals surface area contributed by atoms with Crippen LogP contribution >= 0.6 is 0 Å². The van der Waals surface area contributed by atoms with E-state index in [0.29, 0.717) is 6.54 Å². The van der Waals surface area contributed by atoms with E-state index in [1.54, 1.807) is 0 Å². The largest absolute Gasteiger partial charge is 0.389 e. The fourth-order valence-electron chi connectivity index (χ4n) is 3.74. The minimum absolute atomic E-state index is 0.156. The lowest BCUT2D eigenvalue weighted by atomic mass is 9.95. The Balaban J connectivity index is 1.56. The fraction of sp³-hybridized carbons (Fsp3) is 0.944. The number of amides is 1. The lowest BCUT2D eigenvalue weighted by Gasteiger charge is -2.34. The summed E-state index contributed by atoms with van der Waals surface area (Å²) in [5, 5.41) is 13.0. The molecule has 2 fully saturated rings. The van der Waals surface area contributed by atoms with E-state index in [4.69, 9.17) is 0 Å². The van der Waals surface area contributed by atoms with Gasteiger partial charge in [-0.05, 0) is 78.7 Å². The van der Waals surface area contributed by atoms with E-state index >= 15 is 0 Å². The monoisotopic (exact) mass is 325 g/mol. The number of β-amino-alcohol motifs (C(OH)–C–C–N with tert-alkyl or cyclic N) is 1. The van der Waals surface area contributed by atoms with Crippen molar-refractivity contribution < 1.29 is 9.90 Å². The zero-order valence-corrected chi connectivity index (χ0v) is 15.0. The number of nitrogens with one attached hydrogen (secondary N) is 1. The van der Waals surface area contributed by atoms with Crippen molar-refractivity contribution in [3.63, 3.8) is 0 Å². The van der Waals surface area contributed by atoms with Crippen LogP contribution < -0.4 is 5.32 Å². The lowest BCUT2D eigenvalue weighted by Crippen LogP contribution is -2.45. The summed E-state index contributed by atoms with van der Waals surface area (Å²) in [6, 6.07) is 0. The number of piperidine rings is 2. The molecule has 0 spiro atoms. The Hall–Kier alpha value is -0.650. The third kappa shape index (κ3) is 7.19. The molecule has 134 valence electrons. The molecule has 5 nitrogen and oxygen atoms in total. The molecule has 0 aliphatic carbocycles. The topological polar surface area (TPSA) is 55.8 Å². The van der Waals surface area contributed by atoms with Gasteiger partial charge in [-0.1, -0.05) is 6.42 Å². The number of nitrogens with zero attached hydrogens (tertiary/aromatic N) is 2. The Morgan fingerprint density at radius 1 is 1.09 bits per heavy atom. The van der Waals surface area contributed by atoms with Crippen LogP contribution in [0.3, 0.4) is 0 Å². The van der Waals surface area contributed by atoms with E-state index in [2.05, 4.69) is 15.1 Å². The Kier molecular flexibility index (Phi) is 7.31. The van der Waals surface area contributed by atoms with Gasteiger partial charge in [-0.3, -0.25) is 4.79 Å². The molecule has 1 amide bonds. The van der Waals surface area contributed by atoms with Gasteiger partial charge in [0, 0.05) is 19.0 Å². The second-order valence-electron chi connectivity index (χ2n) is 7.91. The summed E-state index contributed by atoms with van der Waals surface area (Å²) >= 11 is 0. The third-order valence-corrected chi connectivity index (χ3v) is 4.97. The zero-order chi connectivity index (χ0) is 16.7. The number of aliphatic hydroxyl groups is 1. The summed E-state index contributed by atoms with van der Waals surface area (Å²) in [4.78, 5) is 17.0. The fourth-order valence-corrected chi connectivity index (χ4v) is 3.74. The van der Waals surface area contributed by atoms with Gasteiger partial charge in [0.25, 0.3) is 0 Å². The molecule has 2 aliphatic rings. The number of carbonyl (C=O) groups is 1. The van der Waals surface area contributed by atoms with Crippen molar-refractivity contribution in [2.75, 3.05) is 45.8 Å². The normalized spacial score (nSPS) is 22.2. The van der Waals surface area contributed by atoms with Crippen molar-refractivity contribution >= 4 is 5.91 Å². The Morgan fingerprint density at radius 2 is 1.74 bits per heavy atom. The molecular formula is C18H35N3O2. The van der Waals surface area contributed by atoms with Crippen LogP contribution in [0, 0.1) is 5.92 Å². The van der Waals surface area contributed by atoms with Crippen LogP contribution in [0.5, 0.6) is 0 Å². The van der Waals surface area contributed by atoms with Crippen LogP contribution in [-0.4, -0.2) is 72.2 Å². The highest BCUT2D eigenvalue weighted by Crippen LogP contribution is 2.19. The Morgan fingerprint density at radius 3 is 2.35 bits per heavy atom. The van der Waals surface area contributed by atoms with Gasteiger partial charge in [-0.2, -0.15) is 0 Å². The average Bonchev–Trinajstić information content (AvgIpc) is 2.51. The smallest absolute Gasteiger partial charge is 0.223 e. The van der Waals surface area contributed by atoms with Crippen molar-refractivity contribution in [2.45, 2.75) is 58.0 Å². The highest BCUT2D eigenvalue weighted by atomic mass is 16.3. The summed E-state index contributed by atoms with van der Waals surface area (Å²) in [6.07, 6.45) is 6.91. The SMILES string of the molecule is CC(C)(O)CN1CCC(C(=O)NCCCN2CCCCC2)CC1. The van der Waals surface area contributed by atoms with Gasteiger partial charge >= 0.3 is 0 Å². The van der Waals surface area contributed by atoms with Gasteiger partial charge < -0.3 is 20.2 Å². The van der Waals surface area contributed by atoms with Gasteiger partial charge in [-0.15, -0.1) is 0 Å². The molecule has 2 rings (SSSR count). The first-order valence-corrected chi connectivity index (χ1v) is 9.39. The molecule has 23 heavy (non-hydrogen) atoms. The zero-order valence-electron chi connectivity index (χ0n) is 15.0. The first-order chi connectivity index (χ1) is 10.9. The summed E-state index contributed by atoms with van der Waals surface area (Å²) in [7, 11) is 0. The third-order valence-electron chi connectivity index (χ3n) is 4.97. The molecule has 2 aliphatic heterocycles. The molecule has 0 unspecified atom stereocenters. The van der Waals surface area contributed by atoms with E-state index in [1.165, 1.54) is 32.4 Å². The maximum Gasteiger partial charge on any atom is 0.223 e. The molecule has 2 saturated heterocycles. The molecule has 0 bridgehead atoms. The molecule has 2 N–H and O–H groups in total. The van der Waals surface area contributed by atoms with Gasteiger partial charge in [-0.25, -0.2) is 0 Å². The van der Waals surface area contributed by atoms with Crippen molar-refractivity contribution in [3.8, 4) is 0 Å². The molecule has 2 heterocycles. The van der Waals surface area contributed by atoms with Crippen LogP contribution in [0.4, 0.5) is 0 Å². The average molecular weight is 325 g/mol. The van der Waals surface area contributed by atoms with Crippen LogP contribution in [-0.2, 0) is 4.79 Å². The standard InChI is InChI=1S/C18H35N3O2/c1-18(2,23)15-21-13-7-16(8-14-21)17(22)19-9-6-12-20-10-4-3-5-11-20/h16,23H,3-15H2,1-2H3,(H,19,22). The van der Waals surface area contributed by atoms with Gasteiger partial charge in [0.1, 0.15) is 0 Å². The Labute approximate surface area is 141 Å². The van der Waals surface area contributed by atoms with E-state index in [0.717, 1.165) is 45.4 Å². The minimum Gasteiger partial charge on any atom is -0.389 e. The minimum atomic E-state index is -0.649. The van der Waals surface area contributed by atoms with Gasteiger partial charge in [0.2, 0.25) is 5.91 Å². The number of hydrogen-bond acceptors (Lipinski definition) is 4. The van der Waals surface area contributed by atoms with Gasteiger partial charge in [0.05, 0.1) is 5.60 Å². The number of hydrogen-bond donors (Lipinski definition) is 2. The van der Waals surface area contributed by atoms with Crippen LogP contribution in [0.2, 0.25) is 0 Å². The maximum atomic E-state index is 12.2. The molecule has 0 radical (unpaired) electrons. The molecule has 0 atom stereocenters. The maximum absolute atomic E-state index is 12.2. The predicted molar refractivity (Wildman–Crippen MR) is 93.4 cm³/mol. The van der Waals surface area contributed by atoms with E-state index in [1.807, 2.05) is 13.8 Å². The van der Waals surface area contributed by atoms with Crippen molar-refractivity contribution in [2.24, 2.45) is 5.92 Å². The summed E-state index contributed by atoms with van der Waals surface area (Å²) < 4.78 is 0. The summed E-state index contributed by atoms with van der Waals surface area (Å²) in [5.41, 5.74) is -0.649. The lowest BCUT2D eigenvalue weighted by molar-refractivity contribution is -0.126. The number of carbonyl (C=O) groups excluding carboxylic acids is 1. The second-order valence-corrected chi connectivity index (χ2v) is 7.91. The molecule has 0 saturated carbocycles. The van der Waals surface area contributed by atoms with Crippen LogP contribution in [0.1, 0.15) is 52.4 Å². The summed E-state index contributed by atoms with van der Waals surface area (Å²) in [6.45, 7) is 10.6. The van der Waals surface area contributed by atoms with E-state index in [-0.39, 0.29) is 11.8 Å². The van der Waals surface area contributed by atoms with Crippen LogP contribution in [0.15, 0.2) is 0 Å². The first-order valence-electron chi connectivity index (χ1n) is 9.39. The first kappa shape index (κ1) is 18.7. The highest BCUT2D eigenvalue weighted by molar-refractivity contribution is 5.78.